The quantitative estimate of drug-likeness (QED) is 0.794. The van der Waals surface area contributed by atoms with Gasteiger partial charge in [0, 0.05) is 38.3 Å². The van der Waals surface area contributed by atoms with Crippen molar-refractivity contribution in [3.05, 3.63) is 17.5 Å². The number of aryl methyl sites for hydroxylation is 2. The lowest BCUT2D eigenvalue weighted by atomic mass is 10.2. The second-order valence-electron chi connectivity index (χ2n) is 4.05. The minimum Gasteiger partial charge on any atom is -0.370 e. The topological polar surface area (TPSA) is 42.2 Å². The van der Waals surface area contributed by atoms with Crippen molar-refractivity contribution in [1.29, 1.82) is 0 Å². The minimum atomic E-state index is 0.846. The summed E-state index contributed by atoms with van der Waals surface area (Å²) in [5.74, 6) is 1.16. The van der Waals surface area contributed by atoms with Crippen molar-refractivity contribution in [3.63, 3.8) is 0 Å². The zero-order valence-corrected chi connectivity index (χ0v) is 9.45. The second-order valence-corrected chi connectivity index (χ2v) is 4.05. The third-order valence-corrected chi connectivity index (χ3v) is 2.72. The van der Waals surface area contributed by atoms with Gasteiger partial charge in [-0.25, -0.2) is 0 Å². The number of hydrogen-bond donors (Lipinski definition) is 1. The summed E-state index contributed by atoms with van der Waals surface area (Å²) in [6, 6.07) is 0. The molecule has 0 amide bonds. The van der Waals surface area contributed by atoms with Crippen LogP contribution in [0.4, 0.5) is 0 Å². The highest BCUT2D eigenvalue weighted by Gasteiger charge is 2.06. The molecule has 0 aliphatic carbocycles. The predicted molar refractivity (Wildman–Crippen MR) is 60.9 cm³/mol. The van der Waals surface area contributed by atoms with Gasteiger partial charge in [0.25, 0.3) is 0 Å². The van der Waals surface area contributed by atoms with E-state index in [1.807, 2.05) is 18.7 Å². The molecule has 0 spiro atoms. The molecule has 0 fully saturated rings. The van der Waals surface area contributed by atoms with Crippen LogP contribution in [0.1, 0.15) is 30.5 Å². The smallest absolute Gasteiger partial charge is 0.0965 e. The lowest BCUT2D eigenvalue weighted by molar-refractivity contribution is 0.705. The summed E-state index contributed by atoms with van der Waals surface area (Å²) in [5.41, 5.74) is 2.35. The molecule has 0 bridgehead atoms. The van der Waals surface area contributed by atoms with Crippen LogP contribution in [0.5, 0.6) is 0 Å². The fourth-order valence-corrected chi connectivity index (χ4v) is 1.86. The number of hydrogen-bond acceptors (Lipinski definition) is 3. The molecule has 0 saturated heterocycles. The Balaban J connectivity index is 1.92. The molecule has 2 rings (SSSR count). The van der Waals surface area contributed by atoms with Crippen molar-refractivity contribution in [1.82, 2.24) is 15.1 Å². The first kappa shape index (κ1) is 10.2. The van der Waals surface area contributed by atoms with Crippen LogP contribution in [-0.4, -0.2) is 22.2 Å². The zero-order chi connectivity index (χ0) is 10.7. The molecule has 4 nitrogen and oxygen atoms in total. The highest BCUT2D eigenvalue weighted by Crippen LogP contribution is 2.07. The van der Waals surface area contributed by atoms with Gasteiger partial charge in [-0.1, -0.05) is 0 Å². The number of amidine groups is 1. The Morgan fingerprint density at radius 3 is 2.93 bits per heavy atom. The van der Waals surface area contributed by atoms with Crippen molar-refractivity contribution >= 4 is 5.84 Å². The Kier molecular flexibility index (Phi) is 3.04. The Morgan fingerprint density at radius 2 is 2.33 bits per heavy atom. The van der Waals surface area contributed by atoms with E-state index in [0.717, 1.165) is 31.0 Å². The molecule has 1 N–H and O–H groups in total. The molecule has 0 unspecified atom stereocenters. The van der Waals surface area contributed by atoms with Crippen LogP contribution in [0.3, 0.4) is 0 Å². The summed E-state index contributed by atoms with van der Waals surface area (Å²) in [6.45, 7) is 3.87. The SMILES string of the molecule is Cc1nn(C)cc1CNC1=NCCCC1. The van der Waals surface area contributed by atoms with E-state index in [9.17, 15) is 0 Å². The molecule has 2 heterocycles. The summed E-state index contributed by atoms with van der Waals surface area (Å²) in [4.78, 5) is 4.46. The van der Waals surface area contributed by atoms with E-state index in [2.05, 4.69) is 21.6 Å². The van der Waals surface area contributed by atoms with Crippen LogP contribution in [0.2, 0.25) is 0 Å². The molecule has 1 aromatic rings. The minimum absolute atomic E-state index is 0.846. The summed E-state index contributed by atoms with van der Waals surface area (Å²) in [6.07, 6.45) is 5.65. The summed E-state index contributed by atoms with van der Waals surface area (Å²) < 4.78 is 1.86. The molecule has 15 heavy (non-hydrogen) atoms. The highest BCUT2D eigenvalue weighted by atomic mass is 15.3. The van der Waals surface area contributed by atoms with Gasteiger partial charge in [-0.05, 0) is 19.8 Å². The number of aliphatic imine (C=N–C) groups is 1. The van der Waals surface area contributed by atoms with Gasteiger partial charge in [-0.2, -0.15) is 5.10 Å². The van der Waals surface area contributed by atoms with Crippen LogP contribution >= 0.6 is 0 Å². The van der Waals surface area contributed by atoms with Gasteiger partial charge in [0.05, 0.1) is 11.5 Å². The van der Waals surface area contributed by atoms with Crippen LogP contribution in [0.15, 0.2) is 11.2 Å². The maximum Gasteiger partial charge on any atom is 0.0965 e. The van der Waals surface area contributed by atoms with Crippen molar-refractivity contribution in [3.8, 4) is 0 Å². The van der Waals surface area contributed by atoms with Gasteiger partial charge in [-0.3, -0.25) is 9.67 Å². The summed E-state index contributed by atoms with van der Waals surface area (Å²) in [7, 11) is 1.95. The Hall–Kier alpha value is -1.32. The Labute approximate surface area is 90.4 Å². The number of aromatic nitrogens is 2. The maximum atomic E-state index is 4.46. The largest absolute Gasteiger partial charge is 0.370 e. The average Bonchev–Trinajstić information content (AvgIpc) is 2.56. The third kappa shape index (κ3) is 2.58. The lowest BCUT2D eigenvalue weighted by Crippen LogP contribution is -2.25. The summed E-state index contributed by atoms with van der Waals surface area (Å²) >= 11 is 0. The number of nitrogens with zero attached hydrogens (tertiary/aromatic N) is 3. The first-order chi connectivity index (χ1) is 7.25. The van der Waals surface area contributed by atoms with E-state index in [-0.39, 0.29) is 0 Å². The molecule has 1 aliphatic heterocycles. The lowest BCUT2D eigenvalue weighted by Gasteiger charge is -2.13. The predicted octanol–water partition coefficient (Wildman–Crippen LogP) is 1.40. The fourth-order valence-electron chi connectivity index (χ4n) is 1.86. The van der Waals surface area contributed by atoms with Gasteiger partial charge in [-0.15, -0.1) is 0 Å². The molecule has 0 saturated carbocycles. The van der Waals surface area contributed by atoms with E-state index >= 15 is 0 Å². The highest BCUT2D eigenvalue weighted by molar-refractivity contribution is 5.82. The molecule has 0 aromatic carbocycles. The van der Waals surface area contributed by atoms with Crippen molar-refractivity contribution in [2.45, 2.75) is 32.7 Å². The van der Waals surface area contributed by atoms with E-state index in [0.29, 0.717) is 0 Å². The standard InChI is InChI=1S/C11H18N4/c1-9-10(8-15(2)14-9)7-13-11-5-3-4-6-12-11/h8H,3-7H2,1-2H3,(H,12,13). The number of rotatable bonds is 2. The van der Waals surface area contributed by atoms with E-state index in [1.165, 1.54) is 18.4 Å². The monoisotopic (exact) mass is 206 g/mol. The maximum absolute atomic E-state index is 4.46. The van der Waals surface area contributed by atoms with Gasteiger partial charge in [0.2, 0.25) is 0 Å². The first-order valence-corrected chi connectivity index (χ1v) is 5.52. The average molecular weight is 206 g/mol. The van der Waals surface area contributed by atoms with Crippen LogP contribution in [-0.2, 0) is 13.6 Å². The molecule has 82 valence electrons. The molecule has 4 heteroatoms. The fraction of sp³-hybridized carbons (Fsp3) is 0.636. The Bertz CT molecular complexity index is 365. The first-order valence-electron chi connectivity index (χ1n) is 5.52. The van der Waals surface area contributed by atoms with E-state index in [1.54, 1.807) is 0 Å². The van der Waals surface area contributed by atoms with Gasteiger partial charge < -0.3 is 5.32 Å². The third-order valence-electron chi connectivity index (χ3n) is 2.72. The van der Waals surface area contributed by atoms with E-state index in [4.69, 9.17) is 0 Å². The number of nitrogens with one attached hydrogen (secondary N) is 1. The van der Waals surface area contributed by atoms with Crippen LogP contribution < -0.4 is 5.32 Å². The van der Waals surface area contributed by atoms with Gasteiger partial charge in [0.15, 0.2) is 0 Å². The normalized spacial score (nSPS) is 16.3. The molecule has 0 atom stereocenters. The molecule has 0 radical (unpaired) electrons. The molecule has 1 aromatic heterocycles. The van der Waals surface area contributed by atoms with Gasteiger partial charge in [0.1, 0.15) is 0 Å². The van der Waals surface area contributed by atoms with Crippen molar-refractivity contribution in [2.24, 2.45) is 12.0 Å². The molecular weight excluding hydrogens is 188 g/mol. The van der Waals surface area contributed by atoms with Crippen LogP contribution in [0.25, 0.3) is 0 Å². The van der Waals surface area contributed by atoms with Crippen molar-refractivity contribution < 1.29 is 0 Å². The van der Waals surface area contributed by atoms with Gasteiger partial charge >= 0.3 is 0 Å². The molecule has 1 aliphatic rings. The molecular formula is C11H18N4. The van der Waals surface area contributed by atoms with Crippen LogP contribution in [0, 0.1) is 6.92 Å². The van der Waals surface area contributed by atoms with Crippen molar-refractivity contribution in [2.75, 3.05) is 6.54 Å². The second kappa shape index (κ2) is 4.47. The van der Waals surface area contributed by atoms with E-state index < -0.39 is 0 Å². The summed E-state index contributed by atoms with van der Waals surface area (Å²) in [5, 5.41) is 7.70. The zero-order valence-electron chi connectivity index (χ0n) is 9.45. The Morgan fingerprint density at radius 1 is 1.47 bits per heavy atom.